The number of aliphatic hydroxyl groups is 1. The van der Waals surface area contributed by atoms with Crippen molar-refractivity contribution < 1.29 is 28.2 Å². The van der Waals surface area contributed by atoms with Crippen LogP contribution in [0, 0.1) is 11.6 Å². The SMILES string of the molecule is CCOC(=O)C(O)c1c(F)cc2c(c1F)CCO2. The number of carbonyl (C=O) groups is 1. The highest BCUT2D eigenvalue weighted by Gasteiger charge is 2.31. The quantitative estimate of drug-likeness (QED) is 0.835. The summed E-state index contributed by atoms with van der Waals surface area (Å²) in [6.45, 7) is 1.81. The summed E-state index contributed by atoms with van der Waals surface area (Å²) >= 11 is 0. The molecular weight excluding hydrogens is 246 g/mol. The third-order valence-electron chi connectivity index (χ3n) is 2.71. The Hall–Kier alpha value is -1.69. The van der Waals surface area contributed by atoms with Crippen LogP contribution in [0.5, 0.6) is 5.75 Å². The molecule has 1 aromatic rings. The Labute approximate surface area is 102 Å². The van der Waals surface area contributed by atoms with Crippen LogP contribution in [0.4, 0.5) is 8.78 Å². The number of hydrogen-bond donors (Lipinski definition) is 1. The Morgan fingerprint density at radius 1 is 1.61 bits per heavy atom. The second-order valence-electron chi connectivity index (χ2n) is 3.82. The molecule has 1 heterocycles. The van der Waals surface area contributed by atoms with Crippen LogP contribution in [0.2, 0.25) is 0 Å². The largest absolute Gasteiger partial charge is 0.493 e. The van der Waals surface area contributed by atoms with Crippen molar-refractivity contribution in [3.8, 4) is 5.75 Å². The van der Waals surface area contributed by atoms with Gasteiger partial charge in [-0.3, -0.25) is 0 Å². The van der Waals surface area contributed by atoms with E-state index in [2.05, 4.69) is 4.74 Å². The van der Waals surface area contributed by atoms with E-state index in [0.29, 0.717) is 0 Å². The third kappa shape index (κ3) is 2.03. The Kier molecular flexibility index (Phi) is 3.47. The zero-order valence-electron chi connectivity index (χ0n) is 9.70. The smallest absolute Gasteiger partial charge is 0.339 e. The summed E-state index contributed by atoms with van der Waals surface area (Å²) in [6, 6.07) is 0.975. The van der Waals surface area contributed by atoms with E-state index in [-0.39, 0.29) is 30.9 Å². The van der Waals surface area contributed by atoms with E-state index >= 15 is 0 Å². The summed E-state index contributed by atoms with van der Waals surface area (Å²) in [4.78, 5) is 11.3. The van der Waals surface area contributed by atoms with Gasteiger partial charge in [-0.15, -0.1) is 0 Å². The highest BCUT2D eigenvalue weighted by Crippen LogP contribution is 2.34. The first-order chi connectivity index (χ1) is 8.56. The molecule has 0 spiro atoms. The summed E-state index contributed by atoms with van der Waals surface area (Å²) in [5.41, 5.74) is -0.507. The van der Waals surface area contributed by atoms with Gasteiger partial charge in [0.25, 0.3) is 0 Å². The molecule has 6 heteroatoms. The molecule has 1 aliphatic heterocycles. The van der Waals surface area contributed by atoms with E-state index in [4.69, 9.17) is 4.74 Å². The van der Waals surface area contributed by atoms with Gasteiger partial charge in [0, 0.05) is 18.1 Å². The number of benzene rings is 1. The molecule has 0 fully saturated rings. The molecule has 4 nitrogen and oxygen atoms in total. The Morgan fingerprint density at radius 3 is 3.00 bits per heavy atom. The van der Waals surface area contributed by atoms with Crippen LogP contribution in [0.3, 0.4) is 0 Å². The lowest BCUT2D eigenvalue weighted by molar-refractivity contribution is -0.153. The first kappa shape index (κ1) is 12.8. The molecule has 2 rings (SSSR count). The molecule has 0 bridgehead atoms. The Bertz CT molecular complexity index is 487. The van der Waals surface area contributed by atoms with E-state index in [1.54, 1.807) is 0 Å². The highest BCUT2D eigenvalue weighted by atomic mass is 19.1. The van der Waals surface area contributed by atoms with Crippen molar-refractivity contribution >= 4 is 5.97 Å². The van der Waals surface area contributed by atoms with Crippen LogP contribution in [0.15, 0.2) is 6.07 Å². The minimum Gasteiger partial charge on any atom is -0.493 e. The second kappa shape index (κ2) is 4.89. The minimum atomic E-state index is -1.96. The molecule has 1 atom stereocenters. The van der Waals surface area contributed by atoms with Crippen molar-refractivity contribution in [1.82, 2.24) is 0 Å². The lowest BCUT2D eigenvalue weighted by atomic mass is 10.0. The molecule has 1 N–H and O–H groups in total. The van der Waals surface area contributed by atoms with E-state index < -0.39 is 29.3 Å². The first-order valence-electron chi connectivity index (χ1n) is 5.54. The van der Waals surface area contributed by atoms with Crippen molar-refractivity contribution in [3.05, 3.63) is 28.8 Å². The Morgan fingerprint density at radius 2 is 2.33 bits per heavy atom. The summed E-state index contributed by atoms with van der Waals surface area (Å²) in [5.74, 6) is -2.92. The maximum Gasteiger partial charge on any atom is 0.339 e. The van der Waals surface area contributed by atoms with E-state index in [0.717, 1.165) is 6.07 Å². The second-order valence-corrected chi connectivity index (χ2v) is 3.82. The zero-order valence-corrected chi connectivity index (χ0v) is 9.70. The zero-order chi connectivity index (χ0) is 13.3. The number of esters is 1. The fraction of sp³-hybridized carbons (Fsp3) is 0.417. The molecule has 0 radical (unpaired) electrons. The topological polar surface area (TPSA) is 55.8 Å². The molecule has 1 aliphatic rings. The fourth-order valence-corrected chi connectivity index (χ4v) is 1.87. The maximum atomic E-state index is 14.0. The van der Waals surface area contributed by atoms with Crippen molar-refractivity contribution in [1.29, 1.82) is 0 Å². The summed E-state index contributed by atoms with van der Waals surface area (Å²) in [6.07, 6.45) is -1.68. The number of rotatable bonds is 3. The molecule has 0 saturated heterocycles. The average molecular weight is 258 g/mol. The standard InChI is InChI=1S/C12H12F2O4/c1-2-17-12(16)11(15)9-7(13)5-8-6(10(9)14)3-4-18-8/h5,11,15H,2-4H2,1H3. The van der Waals surface area contributed by atoms with Gasteiger partial charge in [-0.05, 0) is 6.92 Å². The van der Waals surface area contributed by atoms with Gasteiger partial charge in [0.15, 0.2) is 6.10 Å². The molecule has 0 saturated carbocycles. The lowest BCUT2D eigenvalue weighted by Gasteiger charge is -2.13. The minimum absolute atomic E-state index is 0.0210. The van der Waals surface area contributed by atoms with E-state index in [1.165, 1.54) is 6.92 Å². The summed E-state index contributed by atoms with van der Waals surface area (Å²) < 4.78 is 37.2. The normalized spacial score (nSPS) is 14.9. The Balaban J connectivity index is 2.42. The van der Waals surface area contributed by atoms with Crippen LogP contribution in [-0.2, 0) is 16.0 Å². The summed E-state index contributed by atoms with van der Waals surface area (Å²) in [5, 5.41) is 9.62. The molecule has 1 unspecified atom stereocenters. The van der Waals surface area contributed by atoms with Gasteiger partial charge in [0.05, 0.1) is 18.8 Å². The van der Waals surface area contributed by atoms with Gasteiger partial charge >= 0.3 is 5.97 Å². The van der Waals surface area contributed by atoms with Crippen LogP contribution < -0.4 is 4.74 Å². The van der Waals surface area contributed by atoms with Crippen molar-refractivity contribution in [2.45, 2.75) is 19.4 Å². The molecule has 98 valence electrons. The monoisotopic (exact) mass is 258 g/mol. The van der Waals surface area contributed by atoms with Crippen molar-refractivity contribution in [2.75, 3.05) is 13.2 Å². The average Bonchev–Trinajstić information content (AvgIpc) is 2.77. The van der Waals surface area contributed by atoms with Gasteiger partial charge in [-0.25, -0.2) is 13.6 Å². The van der Waals surface area contributed by atoms with Crippen molar-refractivity contribution in [2.24, 2.45) is 0 Å². The van der Waals surface area contributed by atoms with Gasteiger partial charge in [0.1, 0.15) is 17.4 Å². The number of aliphatic hydroxyl groups excluding tert-OH is 1. The van der Waals surface area contributed by atoms with Crippen LogP contribution in [-0.4, -0.2) is 24.3 Å². The number of carbonyl (C=O) groups excluding carboxylic acids is 1. The van der Waals surface area contributed by atoms with Gasteiger partial charge in [0.2, 0.25) is 0 Å². The van der Waals surface area contributed by atoms with Crippen LogP contribution in [0.25, 0.3) is 0 Å². The molecule has 1 aromatic carbocycles. The third-order valence-corrected chi connectivity index (χ3v) is 2.71. The molecule has 18 heavy (non-hydrogen) atoms. The maximum absolute atomic E-state index is 14.0. The predicted molar refractivity (Wildman–Crippen MR) is 57.1 cm³/mol. The van der Waals surface area contributed by atoms with E-state index in [9.17, 15) is 18.7 Å². The van der Waals surface area contributed by atoms with Crippen molar-refractivity contribution in [3.63, 3.8) is 0 Å². The number of hydrogen-bond acceptors (Lipinski definition) is 4. The van der Waals surface area contributed by atoms with Crippen LogP contribution in [0.1, 0.15) is 24.2 Å². The van der Waals surface area contributed by atoms with Gasteiger partial charge in [-0.2, -0.15) is 0 Å². The van der Waals surface area contributed by atoms with Crippen LogP contribution >= 0.6 is 0 Å². The summed E-state index contributed by atoms with van der Waals surface area (Å²) in [7, 11) is 0. The number of ether oxygens (including phenoxy) is 2. The molecule has 0 aromatic heterocycles. The predicted octanol–water partition coefficient (Wildman–Crippen LogP) is 1.50. The van der Waals surface area contributed by atoms with Gasteiger partial charge in [-0.1, -0.05) is 0 Å². The molecular formula is C12H12F2O4. The highest BCUT2D eigenvalue weighted by molar-refractivity contribution is 5.76. The molecule has 0 aliphatic carbocycles. The number of fused-ring (bicyclic) bond motifs is 1. The number of halogens is 2. The van der Waals surface area contributed by atoms with Gasteiger partial charge < -0.3 is 14.6 Å². The molecule has 0 amide bonds. The van der Waals surface area contributed by atoms with E-state index in [1.807, 2.05) is 0 Å². The first-order valence-corrected chi connectivity index (χ1v) is 5.54. The fourth-order valence-electron chi connectivity index (χ4n) is 1.87. The lowest BCUT2D eigenvalue weighted by Crippen LogP contribution is -2.18.